The number of methoxy groups -OCH3 is 1. The SMILES string of the molecule is COc1cc(C=C(C)CNCC(C)C)ccc1OC(F)F. The lowest BCUT2D eigenvalue weighted by Crippen LogP contribution is -2.21. The first-order valence-electron chi connectivity index (χ1n) is 6.93. The highest BCUT2D eigenvalue weighted by Crippen LogP contribution is 2.30. The Kier molecular flexibility index (Phi) is 7.15. The monoisotopic (exact) mass is 299 g/mol. The molecule has 0 radical (unpaired) electrons. The van der Waals surface area contributed by atoms with Gasteiger partial charge in [0, 0.05) is 6.54 Å². The van der Waals surface area contributed by atoms with Crippen LogP contribution in [0.15, 0.2) is 23.8 Å². The van der Waals surface area contributed by atoms with E-state index in [0.717, 1.165) is 24.2 Å². The van der Waals surface area contributed by atoms with Gasteiger partial charge in [0.05, 0.1) is 7.11 Å². The van der Waals surface area contributed by atoms with Crippen LogP contribution < -0.4 is 14.8 Å². The Morgan fingerprint density at radius 1 is 1.29 bits per heavy atom. The molecule has 0 spiro atoms. The fourth-order valence-corrected chi connectivity index (χ4v) is 1.86. The number of nitrogens with one attached hydrogen (secondary N) is 1. The molecule has 1 N–H and O–H groups in total. The number of ether oxygens (including phenoxy) is 2. The van der Waals surface area contributed by atoms with Gasteiger partial charge in [-0.2, -0.15) is 8.78 Å². The first kappa shape index (κ1) is 17.4. The molecule has 3 nitrogen and oxygen atoms in total. The van der Waals surface area contributed by atoms with Gasteiger partial charge in [-0.15, -0.1) is 0 Å². The number of halogens is 2. The Morgan fingerprint density at radius 2 is 2.00 bits per heavy atom. The van der Waals surface area contributed by atoms with Crippen LogP contribution in [-0.2, 0) is 0 Å². The molecule has 0 atom stereocenters. The molecular formula is C16H23F2NO2. The number of alkyl halides is 2. The van der Waals surface area contributed by atoms with E-state index >= 15 is 0 Å². The lowest BCUT2D eigenvalue weighted by molar-refractivity contribution is -0.0512. The molecule has 0 amide bonds. The van der Waals surface area contributed by atoms with Crippen LogP contribution in [0.1, 0.15) is 26.3 Å². The van der Waals surface area contributed by atoms with Crippen LogP contribution in [0, 0.1) is 5.92 Å². The van der Waals surface area contributed by atoms with Gasteiger partial charge in [-0.05, 0) is 37.1 Å². The normalized spacial score (nSPS) is 12.1. The van der Waals surface area contributed by atoms with Crippen LogP contribution >= 0.6 is 0 Å². The van der Waals surface area contributed by atoms with E-state index in [2.05, 4.69) is 23.9 Å². The van der Waals surface area contributed by atoms with Crippen LogP contribution in [0.4, 0.5) is 8.78 Å². The van der Waals surface area contributed by atoms with E-state index in [4.69, 9.17) is 4.74 Å². The topological polar surface area (TPSA) is 30.5 Å². The third-order valence-corrected chi connectivity index (χ3v) is 2.77. The Labute approximate surface area is 124 Å². The van der Waals surface area contributed by atoms with Crippen molar-refractivity contribution in [2.75, 3.05) is 20.2 Å². The quantitative estimate of drug-likeness (QED) is 0.788. The van der Waals surface area contributed by atoms with Crippen molar-refractivity contribution in [1.29, 1.82) is 0 Å². The number of rotatable bonds is 8. The van der Waals surface area contributed by atoms with Gasteiger partial charge in [0.1, 0.15) is 0 Å². The van der Waals surface area contributed by atoms with Crippen molar-refractivity contribution in [2.24, 2.45) is 5.92 Å². The van der Waals surface area contributed by atoms with Crippen molar-refractivity contribution < 1.29 is 18.3 Å². The molecule has 0 saturated heterocycles. The molecule has 0 heterocycles. The van der Waals surface area contributed by atoms with Gasteiger partial charge in [0.2, 0.25) is 0 Å². The van der Waals surface area contributed by atoms with Crippen molar-refractivity contribution in [3.63, 3.8) is 0 Å². The molecule has 0 aliphatic rings. The summed E-state index contributed by atoms with van der Waals surface area (Å²) in [7, 11) is 1.43. The molecule has 21 heavy (non-hydrogen) atoms. The molecule has 118 valence electrons. The lowest BCUT2D eigenvalue weighted by Gasteiger charge is -2.11. The van der Waals surface area contributed by atoms with E-state index in [9.17, 15) is 8.78 Å². The van der Waals surface area contributed by atoms with Crippen LogP contribution in [0.5, 0.6) is 11.5 Å². The molecule has 5 heteroatoms. The van der Waals surface area contributed by atoms with Gasteiger partial charge in [0.25, 0.3) is 0 Å². The largest absolute Gasteiger partial charge is 0.493 e. The maximum absolute atomic E-state index is 12.3. The molecule has 0 aliphatic carbocycles. The minimum Gasteiger partial charge on any atom is -0.493 e. The Hall–Kier alpha value is -1.62. The summed E-state index contributed by atoms with van der Waals surface area (Å²) in [5.41, 5.74) is 2.04. The standard InChI is InChI=1S/C16H23F2NO2/c1-11(2)9-19-10-12(3)7-13-5-6-14(21-16(17)18)15(8-13)20-4/h5-8,11,16,19H,9-10H2,1-4H3. The second-order valence-electron chi connectivity index (χ2n) is 5.30. The first-order chi connectivity index (χ1) is 9.92. The zero-order chi connectivity index (χ0) is 15.8. The second-order valence-corrected chi connectivity index (χ2v) is 5.30. The molecule has 0 saturated carbocycles. The van der Waals surface area contributed by atoms with Crippen LogP contribution in [0.3, 0.4) is 0 Å². The van der Waals surface area contributed by atoms with Crippen molar-refractivity contribution >= 4 is 6.08 Å². The van der Waals surface area contributed by atoms with Crippen molar-refractivity contribution in [2.45, 2.75) is 27.4 Å². The summed E-state index contributed by atoms with van der Waals surface area (Å²) in [5.74, 6) is 0.941. The fourth-order valence-electron chi connectivity index (χ4n) is 1.86. The van der Waals surface area contributed by atoms with Crippen LogP contribution in [0.25, 0.3) is 6.08 Å². The van der Waals surface area contributed by atoms with Crippen LogP contribution in [-0.4, -0.2) is 26.8 Å². The van der Waals surface area contributed by atoms with E-state index < -0.39 is 6.61 Å². The maximum atomic E-state index is 12.3. The highest BCUT2D eigenvalue weighted by molar-refractivity contribution is 5.58. The summed E-state index contributed by atoms with van der Waals surface area (Å²) in [6.07, 6.45) is 1.99. The Balaban J connectivity index is 2.74. The third kappa shape index (κ3) is 6.58. The average molecular weight is 299 g/mol. The smallest absolute Gasteiger partial charge is 0.387 e. The predicted molar refractivity (Wildman–Crippen MR) is 81.0 cm³/mol. The summed E-state index contributed by atoms with van der Waals surface area (Å²) < 4.78 is 34.0. The van der Waals surface area contributed by atoms with Gasteiger partial charge in [-0.1, -0.05) is 31.6 Å². The fraction of sp³-hybridized carbons (Fsp3) is 0.500. The molecule has 0 aromatic heterocycles. The van der Waals surface area contributed by atoms with Gasteiger partial charge in [-0.3, -0.25) is 0 Å². The van der Waals surface area contributed by atoms with E-state index in [-0.39, 0.29) is 5.75 Å². The maximum Gasteiger partial charge on any atom is 0.387 e. The summed E-state index contributed by atoms with van der Waals surface area (Å²) in [6, 6.07) is 4.90. The number of benzene rings is 1. The molecule has 0 fully saturated rings. The first-order valence-corrected chi connectivity index (χ1v) is 6.93. The molecule has 1 aromatic rings. The third-order valence-electron chi connectivity index (χ3n) is 2.77. The summed E-state index contributed by atoms with van der Waals surface area (Å²) >= 11 is 0. The average Bonchev–Trinajstić information content (AvgIpc) is 2.39. The van der Waals surface area contributed by atoms with Crippen molar-refractivity contribution in [3.05, 3.63) is 29.3 Å². The van der Waals surface area contributed by atoms with Gasteiger partial charge >= 0.3 is 6.61 Å². The van der Waals surface area contributed by atoms with Gasteiger partial charge < -0.3 is 14.8 Å². The molecule has 1 aromatic carbocycles. The van der Waals surface area contributed by atoms with E-state index in [1.807, 2.05) is 13.0 Å². The van der Waals surface area contributed by atoms with E-state index in [1.54, 1.807) is 12.1 Å². The Bertz CT molecular complexity index is 473. The highest BCUT2D eigenvalue weighted by Gasteiger charge is 2.10. The predicted octanol–water partition coefficient (Wildman–Crippen LogP) is 3.95. The Morgan fingerprint density at radius 3 is 2.57 bits per heavy atom. The highest BCUT2D eigenvalue weighted by atomic mass is 19.3. The van der Waals surface area contributed by atoms with E-state index in [0.29, 0.717) is 11.7 Å². The molecule has 1 rings (SSSR count). The summed E-state index contributed by atoms with van der Waals surface area (Å²) in [4.78, 5) is 0. The van der Waals surface area contributed by atoms with Crippen molar-refractivity contribution in [3.8, 4) is 11.5 Å². The molecule has 0 aliphatic heterocycles. The zero-order valence-corrected chi connectivity index (χ0v) is 13.0. The van der Waals surface area contributed by atoms with Crippen LogP contribution in [0.2, 0.25) is 0 Å². The summed E-state index contributed by atoms with van der Waals surface area (Å²) in [5, 5.41) is 3.35. The van der Waals surface area contributed by atoms with Crippen molar-refractivity contribution in [1.82, 2.24) is 5.32 Å². The van der Waals surface area contributed by atoms with E-state index in [1.165, 1.54) is 13.2 Å². The minimum atomic E-state index is -2.86. The van der Waals surface area contributed by atoms with Gasteiger partial charge in [-0.25, -0.2) is 0 Å². The lowest BCUT2D eigenvalue weighted by atomic mass is 10.1. The summed E-state index contributed by atoms with van der Waals surface area (Å²) in [6.45, 7) is 5.20. The van der Waals surface area contributed by atoms with Gasteiger partial charge in [0.15, 0.2) is 11.5 Å². The number of hydrogen-bond donors (Lipinski definition) is 1. The molecule has 0 unspecified atom stereocenters. The molecular weight excluding hydrogens is 276 g/mol. The molecule has 0 bridgehead atoms. The minimum absolute atomic E-state index is 0.0419. The second kappa shape index (κ2) is 8.62. The zero-order valence-electron chi connectivity index (χ0n) is 13.0. The number of hydrogen-bond acceptors (Lipinski definition) is 3.